The topological polar surface area (TPSA) is 91.7 Å². The van der Waals surface area contributed by atoms with Crippen LogP contribution in [0.3, 0.4) is 0 Å². The number of fused-ring (bicyclic) bond motifs is 3. The fourth-order valence-corrected chi connectivity index (χ4v) is 2.08. The molecule has 2 N–H and O–H groups in total. The Morgan fingerprint density at radius 1 is 1.16 bits per heavy atom. The normalized spacial score (nSPS) is 11.4. The standard InChI is InChI=1S/C12H8N6O/c19-12-14-8-4-2-1-3-7(8)11-15-10(17-18(11)12)9-5-6-13-16-9/h1-6H,(H,13,16)(H,14,19). The summed E-state index contributed by atoms with van der Waals surface area (Å²) in [6, 6.07) is 9.23. The molecule has 3 aromatic heterocycles. The molecule has 4 aromatic rings. The lowest BCUT2D eigenvalue weighted by molar-refractivity contribution is 0.882. The Kier molecular flexibility index (Phi) is 1.85. The summed E-state index contributed by atoms with van der Waals surface area (Å²) >= 11 is 0. The molecule has 0 bridgehead atoms. The summed E-state index contributed by atoms with van der Waals surface area (Å²) in [7, 11) is 0. The van der Waals surface area contributed by atoms with E-state index in [9.17, 15) is 4.79 Å². The SMILES string of the molecule is O=c1[nH]c2ccccc2c2nc(-c3cc[nH]n3)nn12. The van der Waals surface area contributed by atoms with Gasteiger partial charge in [0.1, 0.15) is 5.69 Å². The van der Waals surface area contributed by atoms with Crippen LogP contribution in [0.2, 0.25) is 0 Å². The first-order valence-electron chi connectivity index (χ1n) is 5.71. The van der Waals surface area contributed by atoms with E-state index in [-0.39, 0.29) is 5.69 Å². The molecule has 3 heterocycles. The number of nitrogens with one attached hydrogen (secondary N) is 2. The van der Waals surface area contributed by atoms with Crippen molar-refractivity contribution >= 4 is 16.6 Å². The first kappa shape index (κ1) is 10.0. The van der Waals surface area contributed by atoms with E-state index in [2.05, 4.69) is 25.3 Å². The van der Waals surface area contributed by atoms with Gasteiger partial charge in [0, 0.05) is 11.6 Å². The first-order chi connectivity index (χ1) is 9.33. The second-order valence-corrected chi connectivity index (χ2v) is 4.11. The molecule has 0 saturated heterocycles. The zero-order valence-corrected chi connectivity index (χ0v) is 9.66. The molecule has 0 spiro atoms. The molecule has 19 heavy (non-hydrogen) atoms. The zero-order chi connectivity index (χ0) is 12.8. The summed E-state index contributed by atoms with van der Waals surface area (Å²) in [4.78, 5) is 19.1. The van der Waals surface area contributed by atoms with Gasteiger partial charge in [-0.05, 0) is 18.2 Å². The minimum atomic E-state index is -0.317. The van der Waals surface area contributed by atoms with E-state index in [0.29, 0.717) is 17.2 Å². The van der Waals surface area contributed by atoms with Crippen molar-refractivity contribution in [3.63, 3.8) is 0 Å². The monoisotopic (exact) mass is 252 g/mol. The number of hydrogen-bond acceptors (Lipinski definition) is 4. The molecule has 7 nitrogen and oxygen atoms in total. The summed E-state index contributed by atoms with van der Waals surface area (Å²) in [6.45, 7) is 0. The molecule has 0 saturated carbocycles. The van der Waals surface area contributed by atoms with Crippen LogP contribution >= 0.6 is 0 Å². The molecule has 0 radical (unpaired) electrons. The van der Waals surface area contributed by atoms with Crippen molar-refractivity contribution in [3.8, 4) is 11.5 Å². The van der Waals surface area contributed by atoms with Crippen LogP contribution in [0.15, 0.2) is 41.3 Å². The minimum absolute atomic E-state index is 0.317. The number of para-hydroxylation sites is 1. The van der Waals surface area contributed by atoms with E-state index in [4.69, 9.17) is 0 Å². The average molecular weight is 252 g/mol. The van der Waals surface area contributed by atoms with Crippen LogP contribution in [-0.4, -0.2) is 29.8 Å². The van der Waals surface area contributed by atoms with Gasteiger partial charge in [-0.1, -0.05) is 12.1 Å². The highest BCUT2D eigenvalue weighted by Gasteiger charge is 2.12. The summed E-state index contributed by atoms with van der Waals surface area (Å²) in [5.74, 6) is 0.420. The van der Waals surface area contributed by atoms with Crippen LogP contribution in [0, 0.1) is 0 Å². The van der Waals surface area contributed by atoms with Gasteiger partial charge >= 0.3 is 5.69 Å². The van der Waals surface area contributed by atoms with Crippen LogP contribution in [0.25, 0.3) is 28.1 Å². The average Bonchev–Trinajstić information content (AvgIpc) is 3.08. The lowest BCUT2D eigenvalue weighted by Crippen LogP contribution is -2.17. The lowest BCUT2D eigenvalue weighted by atomic mass is 10.2. The highest BCUT2D eigenvalue weighted by molar-refractivity contribution is 5.91. The smallest absolute Gasteiger partial charge is 0.305 e. The van der Waals surface area contributed by atoms with Crippen molar-refractivity contribution < 1.29 is 0 Å². The Morgan fingerprint density at radius 3 is 2.89 bits per heavy atom. The maximum atomic E-state index is 12.0. The Balaban J connectivity index is 2.16. The van der Waals surface area contributed by atoms with Gasteiger partial charge in [0.15, 0.2) is 5.65 Å². The number of aromatic amines is 2. The largest absolute Gasteiger partial charge is 0.348 e. The van der Waals surface area contributed by atoms with Crippen molar-refractivity contribution in [1.29, 1.82) is 0 Å². The molecule has 4 rings (SSSR count). The second-order valence-electron chi connectivity index (χ2n) is 4.11. The van der Waals surface area contributed by atoms with Gasteiger partial charge in [-0.2, -0.15) is 9.61 Å². The molecule has 0 aliphatic rings. The highest BCUT2D eigenvalue weighted by Crippen LogP contribution is 2.17. The van der Waals surface area contributed by atoms with E-state index >= 15 is 0 Å². The predicted octanol–water partition coefficient (Wildman–Crippen LogP) is 0.961. The molecular weight excluding hydrogens is 244 g/mol. The van der Waals surface area contributed by atoms with Crippen molar-refractivity contribution in [2.45, 2.75) is 0 Å². The Bertz CT molecular complexity index is 934. The molecule has 0 aliphatic carbocycles. The van der Waals surface area contributed by atoms with Crippen molar-refractivity contribution in [3.05, 3.63) is 47.0 Å². The van der Waals surface area contributed by atoms with E-state index in [1.54, 1.807) is 12.3 Å². The van der Waals surface area contributed by atoms with E-state index in [0.717, 1.165) is 10.9 Å². The number of benzene rings is 1. The molecule has 0 atom stereocenters. The zero-order valence-electron chi connectivity index (χ0n) is 9.66. The lowest BCUT2D eigenvalue weighted by Gasteiger charge is -1.97. The number of aromatic nitrogens is 6. The summed E-state index contributed by atoms with van der Waals surface area (Å²) < 4.78 is 1.26. The third-order valence-electron chi connectivity index (χ3n) is 2.94. The number of H-pyrrole nitrogens is 2. The fourth-order valence-electron chi connectivity index (χ4n) is 2.08. The third kappa shape index (κ3) is 1.38. The molecule has 1 aromatic carbocycles. The highest BCUT2D eigenvalue weighted by atomic mass is 16.1. The maximum Gasteiger partial charge on any atom is 0.348 e. The number of hydrogen-bond donors (Lipinski definition) is 2. The van der Waals surface area contributed by atoms with Crippen LogP contribution < -0.4 is 5.69 Å². The van der Waals surface area contributed by atoms with E-state index in [1.807, 2.05) is 24.3 Å². The molecule has 0 unspecified atom stereocenters. The summed E-state index contributed by atoms with van der Waals surface area (Å²) in [5.41, 5.74) is 1.55. The quantitative estimate of drug-likeness (QED) is 0.527. The van der Waals surface area contributed by atoms with Gasteiger partial charge in [-0.25, -0.2) is 9.78 Å². The first-order valence-corrected chi connectivity index (χ1v) is 5.71. The van der Waals surface area contributed by atoms with Crippen LogP contribution in [-0.2, 0) is 0 Å². The summed E-state index contributed by atoms with van der Waals surface area (Å²) in [6.07, 6.45) is 1.68. The molecular formula is C12H8N6O. The van der Waals surface area contributed by atoms with Gasteiger partial charge in [-0.3, -0.25) is 5.10 Å². The van der Waals surface area contributed by atoms with Gasteiger partial charge in [-0.15, -0.1) is 5.10 Å². The Hall–Kier alpha value is -2.96. The van der Waals surface area contributed by atoms with E-state index in [1.165, 1.54) is 4.52 Å². The molecule has 0 amide bonds. The number of rotatable bonds is 1. The van der Waals surface area contributed by atoms with Gasteiger partial charge < -0.3 is 4.98 Å². The molecule has 0 aliphatic heterocycles. The Labute approximate surface area is 105 Å². The number of nitrogens with zero attached hydrogens (tertiary/aromatic N) is 4. The van der Waals surface area contributed by atoms with Crippen LogP contribution in [0.1, 0.15) is 0 Å². The van der Waals surface area contributed by atoms with Gasteiger partial charge in [0.2, 0.25) is 5.82 Å². The van der Waals surface area contributed by atoms with Crippen molar-refractivity contribution in [2.75, 3.05) is 0 Å². The van der Waals surface area contributed by atoms with E-state index < -0.39 is 0 Å². The van der Waals surface area contributed by atoms with Crippen molar-refractivity contribution in [2.24, 2.45) is 0 Å². The predicted molar refractivity (Wildman–Crippen MR) is 68.7 cm³/mol. The Morgan fingerprint density at radius 2 is 2.05 bits per heavy atom. The molecule has 92 valence electrons. The fraction of sp³-hybridized carbons (Fsp3) is 0. The van der Waals surface area contributed by atoms with Gasteiger partial charge in [0.05, 0.1) is 5.52 Å². The molecule has 0 fully saturated rings. The maximum absolute atomic E-state index is 12.0. The van der Waals surface area contributed by atoms with Crippen molar-refractivity contribution in [1.82, 2.24) is 29.8 Å². The second kappa shape index (κ2) is 3.52. The van der Waals surface area contributed by atoms with Crippen LogP contribution in [0.5, 0.6) is 0 Å². The summed E-state index contributed by atoms with van der Waals surface area (Å²) in [5, 5.41) is 11.7. The van der Waals surface area contributed by atoms with Gasteiger partial charge in [0.25, 0.3) is 0 Å². The van der Waals surface area contributed by atoms with Crippen LogP contribution in [0.4, 0.5) is 0 Å². The third-order valence-corrected chi connectivity index (χ3v) is 2.94. The molecule has 7 heteroatoms. The minimum Gasteiger partial charge on any atom is -0.305 e.